The second-order valence-electron chi connectivity index (χ2n) is 6.27. The number of hydrogen-bond donors (Lipinski definition) is 1. The molecule has 1 aliphatic heterocycles. The Morgan fingerprint density at radius 3 is 2.92 bits per heavy atom. The molecule has 2 aromatic heterocycles. The van der Waals surface area contributed by atoms with Crippen molar-refractivity contribution in [1.82, 2.24) is 24.9 Å². The molecule has 1 unspecified atom stereocenters. The van der Waals surface area contributed by atoms with Crippen LogP contribution in [0, 0.1) is 0 Å². The van der Waals surface area contributed by atoms with Gasteiger partial charge in [0.25, 0.3) is 0 Å². The van der Waals surface area contributed by atoms with Gasteiger partial charge in [-0.05, 0) is 12.1 Å². The summed E-state index contributed by atoms with van der Waals surface area (Å²) < 4.78 is 7.65. The van der Waals surface area contributed by atoms with Gasteiger partial charge in [0, 0.05) is 55.7 Å². The maximum Gasteiger partial charge on any atom is 0.151 e. The summed E-state index contributed by atoms with van der Waals surface area (Å²) in [4.78, 5) is 6.89. The highest BCUT2D eigenvalue weighted by Gasteiger charge is 2.27. The topological polar surface area (TPSA) is 59.1 Å². The fourth-order valence-corrected chi connectivity index (χ4v) is 3.36. The van der Waals surface area contributed by atoms with E-state index in [1.165, 1.54) is 0 Å². The molecule has 130 valence electrons. The number of nitrogens with one attached hydrogen (secondary N) is 1. The summed E-state index contributed by atoms with van der Waals surface area (Å²) in [5.41, 5.74) is 1.83. The van der Waals surface area contributed by atoms with E-state index in [1.54, 1.807) is 0 Å². The van der Waals surface area contributed by atoms with Crippen LogP contribution in [0.1, 0.15) is 17.6 Å². The predicted octanol–water partition coefficient (Wildman–Crippen LogP) is 2.88. The highest BCUT2D eigenvalue weighted by atomic mass is 35.5. The number of imidazole rings is 1. The fraction of sp³-hybridized carbons (Fsp3) is 0.333. The van der Waals surface area contributed by atoms with E-state index in [-0.39, 0.29) is 6.04 Å². The minimum Gasteiger partial charge on any atom is -0.359 e. The molecule has 1 aromatic carbocycles. The van der Waals surface area contributed by atoms with Gasteiger partial charge in [-0.1, -0.05) is 28.9 Å². The van der Waals surface area contributed by atoms with Crippen molar-refractivity contribution in [1.29, 1.82) is 0 Å². The molecule has 6 nitrogen and oxygen atoms in total. The molecule has 0 bridgehead atoms. The number of aromatic nitrogens is 3. The molecule has 1 fully saturated rings. The predicted molar refractivity (Wildman–Crippen MR) is 96.2 cm³/mol. The molecule has 1 N–H and O–H groups in total. The minimum absolute atomic E-state index is 0.220. The third-order valence-electron chi connectivity index (χ3n) is 4.57. The van der Waals surface area contributed by atoms with Gasteiger partial charge in [0.15, 0.2) is 5.76 Å². The van der Waals surface area contributed by atoms with Crippen LogP contribution in [0.5, 0.6) is 0 Å². The van der Waals surface area contributed by atoms with Gasteiger partial charge in [0.2, 0.25) is 0 Å². The van der Waals surface area contributed by atoms with E-state index in [0.717, 1.165) is 42.5 Å². The highest BCUT2D eigenvalue weighted by Crippen LogP contribution is 2.25. The molecule has 3 heterocycles. The van der Waals surface area contributed by atoms with E-state index in [2.05, 4.69) is 24.9 Å². The number of nitrogens with zero attached hydrogens (tertiary/aromatic N) is 4. The lowest BCUT2D eigenvalue weighted by molar-refractivity contribution is 0.130. The Labute approximate surface area is 151 Å². The number of aryl methyl sites for hydroxylation is 1. The van der Waals surface area contributed by atoms with Crippen LogP contribution in [-0.4, -0.2) is 39.2 Å². The summed E-state index contributed by atoms with van der Waals surface area (Å²) >= 11 is 5.95. The SMILES string of the molecule is Cn1ccnc1C1CNCCN1Cc1cc(-c2ccc(Cl)cc2)no1. The Kier molecular flexibility index (Phi) is 4.57. The van der Waals surface area contributed by atoms with Crippen molar-refractivity contribution in [2.24, 2.45) is 7.05 Å². The number of rotatable bonds is 4. The molecule has 7 heteroatoms. The minimum atomic E-state index is 0.220. The van der Waals surface area contributed by atoms with Crippen LogP contribution in [0.15, 0.2) is 47.2 Å². The molecule has 0 aliphatic carbocycles. The van der Waals surface area contributed by atoms with Crippen molar-refractivity contribution in [3.63, 3.8) is 0 Å². The lowest BCUT2D eigenvalue weighted by Crippen LogP contribution is -2.46. The number of halogens is 1. The molecule has 0 amide bonds. The monoisotopic (exact) mass is 357 g/mol. The van der Waals surface area contributed by atoms with Gasteiger partial charge in [0.05, 0.1) is 12.6 Å². The molecule has 0 radical (unpaired) electrons. The summed E-state index contributed by atoms with van der Waals surface area (Å²) in [6.07, 6.45) is 3.82. The first kappa shape index (κ1) is 16.3. The Morgan fingerprint density at radius 2 is 2.16 bits per heavy atom. The van der Waals surface area contributed by atoms with Crippen LogP contribution in [0.3, 0.4) is 0 Å². The zero-order valence-corrected chi connectivity index (χ0v) is 14.8. The lowest BCUT2D eigenvalue weighted by Gasteiger charge is -2.34. The average Bonchev–Trinajstić information content (AvgIpc) is 3.25. The van der Waals surface area contributed by atoms with Crippen LogP contribution in [0.4, 0.5) is 0 Å². The van der Waals surface area contributed by atoms with E-state index in [9.17, 15) is 0 Å². The van der Waals surface area contributed by atoms with Crippen molar-refractivity contribution >= 4 is 11.6 Å². The van der Waals surface area contributed by atoms with Crippen molar-refractivity contribution in [2.75, 3.05) is 19.6 Å². The van der Waals surface area contributed by atoms with E-state index in [4.69, 9.17) is 16.1 Å². The van der Waals surface area contributed by atoms with Gasteiger partial charge in [-0.15, -0.1) is 0 Å². The van der Waals surface area contributed by atoms with Crippen LogP contribution in [-0.2, 0) is 13.6 Å². The first-order valence-corrected chi connectivity index (χ1v) is 8.72. The lowest BCUT2D eigenvalue weighted by atomic mass is 10.1. The first-order chi connectivity index (χ1) is 12.2. The van der Waals surface area contributed by atoms with E-state index >= 15 is 0 Å². The van der Waals surface area contributed by atoms with Crippen LogP contribution >= 0.6 is 11.6 Å². The molecule has 25 heavy (non-hydrogen) atoms. The van der Waals surface area contributed by atoms with Gasteiger partial charge >= 0.3 is 0 Å². The summed E-state index contributed by atoms with van der Waals surface area (Å²) in [6.45, 7) is 3.48. The quantitative estimate of drug-likeness (QED) is 0.778. The number of benzene rings is 1. The fourth-order valence-electron chi connectivity index (χ4n) is 3.23. The molecule has 1 saturated heterocycles. The summed E-state index contributed by atoms with van der Waals surface area (Å²) in [6, 6.07) is 9.84. The van der Waals surface area contributed by atoms with Crippen LogP contribution in [0.25, 0.3) is 11.3 Å². The van der Waals surface area contributed by atoms with Gasteiger partial charge < -0.3 is 14.4 Å². The summed E-state index contributed by atoms with van der Waals surface area (Å²) in [5, 5.41) is 8.37. The molecular weight excluding hydrogens is 338 g/mol. The van der Waals surface area contributed by atoms with Crippen molar-refractivity contribution < 1.29 is 4.52 Å². The maximum absolute atomic E-state index is 5.95. The van der Waals surface area contributed by atoms with E-state index < -0.39 is 0 Å². The highest BCUT2D eigenvalue weighted by molar-refractivity contribution is 6.30. The Bertz CT molecular complexity index is 841. The first-order valence-electron chi connectivity index (χ1n) is 8.34. The largest absolute Gasteiger partial charge is 0.359 e. The summed E-state index contributed by atoms with van der Waals surface area (Å²) in [7, 11) is 2.03. The maximum atomic E-state index is 5.95. The molecule has 0 spiro atoms. The number of hydrogen-bond acceptors (Lipinski definition) is 5. The van der Waals surface area contributed by atoms with Crippen molar-refractivity contribution in [2.45, 2.75) is 12.6 Å². The standard InChI is InChI=1S/C18H20ClN5O/c1-23-8-7-21-18(23)17-11-20-6-9-24(17)12-15-10-16(22-25-15)13-2-4-14(19)5-3-13/h2-5,7-8,10,17,20H,6,9,11-12H2,1H3. The van der Waals surface area contributed by atoms with Crippen molar-refractivity contribution in [3.05, 3.63) is 59.3 Å². The third kappa shape index (κ3) is 3.46. The third-order valence-corrected chi connectivity index (χ3v) is 4.82. The van der Waals surface area contributed by atoms with Gasteiger partial charge in [-0.25, -0.2) is 4.98 Å². The molecule has 4 rings (SSSR count). The molecular formula is C18H20ClN5O. The zero-order chi connectivity index (χ0) is 17.2. The molecule has 1 aliphatic rings. The Balaban J connectivity index is 1.52. The normalized spacial score (nSPS) is 18.6. The van der Waals surface area contributed by atoms with Gasteiger partial charge in [-0.2, -0.15) is 0 Å². The average molecular weight is 358 g/mol. The van der Waals surface area contributed by atoms with Gasteiger partial charge in [-0.3, -0.25) is 4.90 Å². The van der Waals surface area contributed by atoms with Crippen molar-refractivity contribution in [3.8, 4) is 11.3 Å². The molecule has 0 saturated carbocycles. The van der Waals surface area contributed by atoms with Crippen LogP contribution in [0.2, 0.25) is 5.02 Å². The summed E-state index contributed by atoms with van der Waals surface area (Å²) in [5.74, 6) is 1.91. The van der Waals surface area contributed by atoms with E-state index in [1.807, 2.05) is 49.8 Å². The zero-order valence-electron chi connectivity index (χ0n) is 14.0. The number of piperazine rings is 1. The van der Waals surface area contributed by atoms with Gasteiger partial charge in [0.1, 0.15) is 11.5 Å². The molecule has 3 aromatic rings. The second kappa shape index (κ2) is 7.00. The molecule has 1 atom stereocenters. The smallest absolute Gasteiger partial charge is 0.151 e. The van der Waals surface area contributed by atoms with E-state index in [0.29, 0.717) is 11.6 Å². The Morgan fingerprint density at radius 1 is 1.32 bits per heavy atom. The van der Waals surface area contributed by atoms with Crippen LogP contribution < -0.4 is 5.32 Å². The Hall–Kier alpha value is -2.15. The second-order valence-corrected chi connectivity index (χ2v) is 6.71.